The Bertz CT molecular complexity index is 527. The lowest BCUT2D eigenvalue weighted by Crippen LogP contribution is -2.41. The van der Waals surface area contributed by atoms with E-state index in [1.54, 1.807) is 0 Å². The van der Waals surface area contributed by atoms with Crippen molar-refractivity contribution in [3.63, 3.8) is 0 Å². The van der Waals surface area contributed by atoms with E-state index in [4.69, 9.17) is 28.9 Å². The van der Waals surface area contributed by atoms with Crippen molar-refractivity contribution in [3.8, 4) is 0 Å². The van der Waals surface area contributed by atoms with E-state index in [0.29, 0.717) is 16.0 Å². The highest BCUT2D eigenvalue weighted by molar-refractivity contribution is 7.89. The molecule has 0 radical (unpaired) electrons. The number of nitrogens with one attached hydrogen (secondary N) is 1. The molecular weight excluding hydrogens is 331 g/mol. The Hall–Kier alpha value is -0.0400. The van der Waals surface area contributed by atoms with Crippen LogP contribution in [0.15, 0.2) is 23.1 Å². The highest BCUT2D eigenvalue weighted by Gasteiger charge is 2.33. The van der Waals surface area contributed by atoms with Crippen LogP contribution in [0.2, 0.25) is 10.0 Å². The third-order valence-corrected chi connectivity index (χ3v) is 4.80. The van der Waals surface area contributed by atoms with Gasteiger partial charge >= 0.3 is 0 Å². The number of halogens is 3. The second-order valence-electron chi connectivity index (χ2n) is 4.41. The lowest BCUT2D eigenvalue weighted by molar-refractivity contribution is 0.519. The number of rotatable bonds is 5. The molecule has 1 aromatic rings. The maximum absolute atomic E-state index is 12.2. The molecule has 8 heteroatoms. The summed E-state index contributed by atoms with van der Waals surface area (Å²) in [5.41, 5.74) is 5.58. The van der Waals surface area contributed by atoms with Gasteiger partial charge in [0, 0.05) is 22.6 Å². The van der Waals surface area contributed by atoms with E-state index in [1.165, 1.54) is 18.2 Å². The molecule has 1 aliphatic carbocycles. The predicted molar refractivity (Wildman–Crippen MR) is 79.6 cm³/mol. The van der Waals surface area contributed by atoms with Crippen molar-refractivity contribution >= 4 is 45.6 Å². The lowest BCUT2D eigenvalue weighted by Gasteiger charge is -2.16. The van der Waals surface area contributed by atoms with E-state index >= 15 is 0 Å². The molecule has 4 nitrogen and oxygen atoms in total. The van der Waals surface area contributed by atoms with E-state index < -0.39 is 10.0 Å². The van der Waals surface area contributed by atoms with Crippen LogP contribution in [0.25, 0.3) is 0 Å². The molecule has 0 spiro atoms. The Kier molecular flexibility index (Phi) is 5.92. The standard InChI is InChI=1S/C11H14Cl2N2O2S.ClH/c12-8-3-9(13)5-10(4-8)18(16,17)15-11(6-14)7-1-2-7;/h3-5,7,11,15H,1-2,6,14H2;1H. The van der Waals surface area contributed by atoms with E-state index in [2.05, 4.69) is 4.72 Å². The monoisotopic (exact) mass is 344 g/mol. The van der Waals surface area contributed by atoms with Crippen molar-refractivity contribution in [1.82, 2.24) is 4.72 Å². The molecule has 1 aliphatic rings. The molecular formula is C11H15Cl3N2O2S. The zero-order chi connectivity index (χ0) is 13.3. The minimum absolute atomic E-state index is 0. The topological polar surface area (TPSA) is 72.2 Å². The summed E-state index contributed by atoms with van der Waals surface area (Å²) in [5.74, 6) is 0.347. The van der Waals surface area contributed by atoms with Crippen molar-refractivity contribution < 1.29 is 8.42 Å². The molecule has 1 fully saturated rings. The molecule has 2 rings (SSSR count). The number of hydrogen-bond donors (Lipinski definition) is 2. The Morgan fingerprint density at radius 2 is 1.79 bits per heavy atom. The minimum atomic E-state index is -3.62. The predicted octanol–water partition coefficient (Wildman–Crippen LogP) is 2.43. The maximum atomic E-state index is 12.2. The molecule has 0 heterocycles. The first kappa shape index (κ1) is 17.0. The third-order valence-electron chi connectivity index (χ3n) is 2.90. The van der Waals surface area contributed by atoms with E-state index in [9.17, 15) is 8.42 Å². The van der Waals surface area contributed by atoms with Gasteiger partial charge in [0.1, 0.15) is 0 Å². The first-order valence-corrected chi connectivity index (χ1v) is 7.85. The molecule has 0 aliphatic heterocycles. The summed E-state index contributed by atoms with van der Waals surface area (Å²) < 4.78 is 26.9. The SMILES string of the molecule is Cl.NCC(NS(=O)(=O)c1cc(Cl)cc(Cl)c1)C1CC1. The zero-order valence-corrected chi connectivity index (χ0v) is 13.1. The van der Waals surface area contributed by atoms with Gasteiger partial charge in [-0.1, -0.05) is 23.2 Å². The molecule has 0 amide bonds. The van der Waals surface area contributed by atoms with Gasteiger partial charge in [-0.15, -0.1) is 12.4 Å². The van der Waals surface area contributed by atoms with Crippen molar-refractivity contribution in [2.24, 2.45) is 11.7 Å². The molecule has 1 unspecified atom stereocenters. The second kappa shape index (κ2) is 6.61. The normalized spacial score (nSPS) is 16.8. The maximum Gasteiger partial charge on any atom is 0.240 e. The summed E-state index contributed by atoms with van der Waals surface area (Å²) >= 11 is 11.6. The Labute approximate surface area is 129 Å². The van der Waals surface area contributed by atoms with Gasteiger partial charge in [0.15, 0.2) is 0 Å². The van der Waals surface area contributed by atoms with Crippen LogP contribution in [-0.2, 0) is 10.0 Å². The highest BCUT2D eigenvalue weighted by Crippen LogP contribution is 2.33. The third kappa shape index (κ3) is 4.48. The second-order valence-corrected chi connectivity index (χ2v) is 6.99. The van der Waals surface area contributed by atoms with Crippen LogP contribution >= 0.6 is 35.6 Å². The van der Waals surface area contributed by atoms with Crippen molar-refractivity contribution in [2.45, 2.75) is 23.8 Å². The van der Waals surface area contributed by atoms with Crippen LogP contribution < -0.4 is 10.5 Å². The summed E-state index contributed by atoms with van der Waals surface area (Å²) in [6, 6.07) is 4.02. The summed E-state index contributed by atoms with van der Waals surface area (Å²) in [4.78, 5) is 0.0686. The molecule has 3 N–H and O–H groups in total. The van der Waals surface area contributed by atoms with Crippen molar-refractivity contribution in [3.05, 3.63) is 28.2 Å². The van der Waals surface area contributed by atoms with Crippen LogP contribution in [0.3, 0.4) is 0 Å². The fourth-order valence-corrected chi connectivity index (χ4v) is 3.83. The fourth-order valence-electron chi connectivity index (χ4n) is 1.79. The molecule has 108 valence electrons. The smallest absolute Gasteiger partial charge is 0.240 e. The summed E-state index contributed by atoms with van der Waals surface area (Å²) in [6.45, 7) is 0.290. The van der Waals surface area contributed by atoms with Crippen LogP contribution in [0.1, 0.15) is 12.8 Å². The average Bonchev–Trinajstić information content (AvgIpc) is 3.08. The van der Waals surface area contributed by atoms with Gasteiger partial charge < -0.3 is 5.73 Å². The van der Waals surface area contributed by atoms with Gasteiger partial charge in [0.05, 0.1) is 4.90 Å². The van der Waals surface area contributed by atoms with Crippen LogP contribution in [0.4, 0.5) is 0 Å². The first-order valence-electron chi connectivity index (χ1n) is 5.61. The Morgan fingerprint density at radius 3 is 2.21 bits per heavy atom. The summed E-state index contributed by atoms with van der Waals surface area (Å²) in [6.07, 6.45) is 2.03. The summed E-state index contributed by atoms with van der Waals surface area (Å²) in [5, 5.41) is 0.581. The molecule has 19 heavy (non-hydrogen) atoms. The van der Waals surface area contributed by atoms with Crippen molar-refractivity contribution in [1.29, 1.82) is 0 Å². The zero-order valence-electron chi connectivity index (χ0n) is 9.97. The minimum Gasteiger partial charge on any atom is -0.329 e. The van der Waals surface area contributed by atoms with Crippen LogP contribution in [-0.4, -0.2) is 21.0 Å². The van der Waals surface area contributed by atoms with Crippen LogP contribution in [0, 0.1) is 5.92 Å². The van der Waals surface area contributed by atoms with E-state index in [0.717, 1.165) is 12.8 Å². The van der Waals surface area contributed by atoms with Gasteiger partial charge in [-0.2, -0.15) is 0 Å². The summed E-state index contributed by atoms with van der Waals surface area (Å²) in [7, 11) is -3.62. The number of nitrogens with two attached hydrogens (primary N) is 1. The van der Waals surface area contributed by atoms with Gasteiger partial charge in [-0.3, -0.25) is 0 Å². The lowest BCUT2D eigenvalue weighted by atomic mass is 10.2. The highest BCUT2D eigenvalue weighted by atomic mass is 35.5. The molecule has 1 atom stereocenters. The fraction of sp³-hybridized carbons (Fsp3) is 0.455. The molecule has 0 saturated heterocycles. The van der Waals surface area contributed by atoms with Crippen LogP contribution in [0.5, 0.6) is 0 Å². The molecule has 1 saturated carbocycles. The van der Waals surface area contributed by atoms with Gasteiger partial charge in [-0.25, -0.2) is 13.1 Å². The van der Waals surface area contributed by atoms with Gasteiger partial charge in [0.2, 0.25) is 10.0 Å². The Balaban J connectivity index is 0.00000180. The molecule has 0 bridgehead atoms. The van der Waals surface area contributed by atoms with Gasteiger partial charge in [0.25, 0.3) is 0 Å². The molecule has 0 aromatic heterocycles. The van der Waals surface area contributed by atoms with Crippen molar-refractivity contribution in [2.75, 3.05) is 6.54 Å². The number of benzene rings is 1. The quantitative estimate of drug-likeness (QED) is 0.861. The Morgan fingerprint density at radius 1 is 1.26 bits per heavy atom. The molecule has 1 aromatic carbocycles. The first-order chi connectivity index (χ1) is 8.42. The number of sulfonamides is 1. The van der Waals surface area contributed by atoms with Gasteiger partial charge in [-0.05, 0) is 37.0 Å². The van der Waals surface area contributed by atoms with E-state index in [1.807, 2.05) is 0 Å². The average molecular weight is 346 g/mol. The number of hydrogen-bond acceptors (Lipinski definition) is 3. The van der Waals surface area contributed by atoms with E-state index in [-0.39, 0.29) is 29.9 Å². The largest absolute Gasteiger partial charge is 0.329 e.